The Morgan fingerprint density at radius 3 is 2.51 bits per heavy atom. The van der Waals surface area contributed by atoms with E-state index in [4.69, 9.17) is 9.72 Å². The van der Waals surface area contributed by atoms with Gasteiger partial charge in [0.1, 0.15) is 0 Å². The molecular formula is C30H36N4O4S. The number of nitrogens with zero attached hydrogens (tertiary/aromatic N) is 2. The molecule has 3 aromatic rings. The predicted molar refractivity (Wildman–Crippen MR) is 152 cm³/mol. The van der Waals surface area contributed by atoms with E-state index in [0.29, 0.717) is 35.7 Å². The van der Waals surface area contributed by atoms with Crippen molar-refractivity contribution in [2.45, 2.75) is 62.9 Å². The lowest BCUT2D eigenvalue weighted by Gasteiger charge is -2.29. The van der Waals surface area contributed by atoms with Gasteiger partial charge in [0.2, 0.25) is 11.8 Å². The highest BCUT2D eigenvalue weighted by Crippen LogP contribution is 2.31. The van der Waals surface area contributed by atoms with Gasteiger partial charge in [-0.05, 0) is 62.1 Å². The zero-order valence-electron chi connectivity index (χ0n) is 22.1. The van der Waals surface area contributed by atoms with E-state index in [2.05, 4.69) is 10.6 Å². The number of rotatable bonds is 10. The Morgan fingerprint density at radius 1 is 0.974 bits per heavy atom. The molecule has 1 saturated heterocycles. The molecule has 2 amide bonds. The minimum Gasteiger partial charge on any atom is -0.376 e. The Hall–Kier alpha value is -3.17. The summed E-state index contributed by atoms with van der Waals surface area (Å²) in [4.78, 5) is 43.5. The quantitative estimate of drug-likeness (QED) is 0.294. The van der Waals surface area contributed by atoms with Gasteiger partial charge in [0, 0.05) is 32.2 Å². The summed E-state index contributed by atoms with van der Waals surface area (Å²) >= 11 is 1.30. The fourth-order valence-electron chi connectivity index (χ4n) is 5.43. The number of para-hydroxylation sites is 1. The number of thioether (sulfide) groups is 1. The number of ether oxygens (including phenoxy) is 1. The molecule has 1 aliphatic carbocycles. The average molecular weight is 549 g/mol. The maximum Gasteiger partial charge on any atom is 0.262 e. The molecule has 5 rings (SSSR count). The second-order valence-electron chi connectivity index (χ2n) is 10.5. The summed E-state index contributed by atoms with van der Waals surface area (Å²) in [5, 5.41) is 7.16. The lowest BCUT2D eigenvalue weighted by molar-refractivity contribution is -0.126. The van der Waals surface area contributed by atoms with Crippen LogP contribution in [0, 0.1) is 11.8 Å². The van der Waals surface area contributed by atoms with Crippen LogP contribution >= 0.6 is 11.8 Å². The lowest BCUT2D eigenvalue weighted by Crippen LogP contribution is -2.38. The Kier molecular flexibility index (Phi) is 9.32. The Morgan fingerprint density at radius 2 is 1.74 bits per heavy atom. The summed E-state index contributed by atoms with van der Waals surface area (Å²) in [6, 6.07) is 17.1. The number of carbonyl (C=O) groups excluding carboxylic acids is 2. The van der Waals surface area contributed by atoms with E-state index in [1.54, 1.807) is 10.6 Å². The van der Waals surface area contributed by atoms with E-state index < -0.39 is 0 Å². The molecular weight excluding hydrogens is 512 g/mol. The summed E-state index contributed by atoms with van der Waals surface area (Å²) < 4.78 is 7.35. The summed E-state index contributed by atoms with van der Waals surface area (Å²) in [6.07, 6.45) is 5.58. The van der Waals surface area contributed by atoms with Gasteiger partial charge >= 0.3 is 0 Å². The molecule has 2 aliphatic rings. The van der Waals surface area contributed by atoms with Crippen LogP contribution in [-0.2, 0) is 27.4 Å². The van der Waals surface area contributed by atoms with Crippen LogP contribution in [0.5, 0.6) is 0 Å². The van der Waals surface area contributed by atoms with E-state index >= 15 is 0 Å². The van der Waals surface area contributed by atoms with Crippen molar-refractivity contribution < 1.29 is 14.3 Å². The fraction of sp³-hybridized carbons (Fsp3) is 0.467. The van der Waals surface area contributed by atoms with Crippen LogP contribution in [0.25, 0.3) is 10.9 Å². The topological polar surface area (TPSA) is 102 Å². The third-order valence-corrected chi connectivity index (χ3v) is 8.65. The number of nitrogens with one attached hydrogen (secondary N) is 2. The van der Waals surface area contributed by atoms with Crippen molar-refractivity contribution in [3.63, 3.8) is 0 Å². The number of fused-ring (bicyclic) bond motifs is 1. The van der Waals surface area contributed by atoms with Crippen molar-refractivity contribution in [3.8, 4) is 0 Å². The summed E-state index contributed by atoms with van der Waals surface area (Å²) in [7, 11) is 0. The van der Waals surface area contributed by atoms with Crippen molar-refractivity contribution >= 4 is 34.5 Å². The van der Waals surface area contributed by atoms with Crippen LogP contribution in [0.1, 0.15) is 44.1 Å². The van der Waals surface area contributed by atoms with Crippen LogP contribution in [-0.4, -0.2) is 46.4 Å². The summed E-state index contributed by atoms with van der Waals surface area (Å²) in [6.45, 7) is 2.38. The maximum atomic E-state index is 13.5. The van der Waals surface area contributed by atoms with E-state index in [-0.39, 0.29) is 41.1 Å². The highest BCUT2D eigenvalue weighted by molar-refractivity contribution is 7.99. The second kappa shape index (κ2) is 13.3. The first-order chi connectivity index (χ1) is 19.1. The Bertz CT molecular complexity index is 1330. The molecule has 0 radical (unpaired) electrons. The Balaban J connectivity index is 1.20. The number of aromatic nitrogens is 2. The van der Waals surface area contributed by atoms with Gasteiger partial charge < -0.3 is 15.4 Å². The van der Waals surface area contributed by atoms with E-state index in [0.717, 1.165) is 50.7 Å². The molecule has 2 fully saturated rings. The number of benzene rings is 2. The van der Waals surface area contributed by atoms with Crippen molar-refractivity contribution in [2.75, 3.05) is 18.9 Å². The first-order valence-corrected chi connectivity index (χ1v) is 14.9. The molecule has 1 saturated carbocycles. The lowest BCUT2D eigenvalue weighted by atomic mass is 9.81. The smallest absolute Gasteiger partial charge is 0.262 e. The van der Waals surface area contributed by atoms with Crippen LogP contribution in [0.2, 0.25) is 0 Å². The van der Waals surface area contributed by atoms with Crippen molar-refractivity contribution in [2.24, 2.45) is 11.8 Å². The van der Waals surface area contributed by atoms with Gasteiger partial charge in [-0.15, -0.1) is 0 Å². The van der Waals surface area contributed by atoms with Crippen molar-refractivity contribution in [1.82, 2.24) is 20.2 Å². The average Bonchev–Trinajstić information content (AvgIpc) is 3.50. The molecule has 0 bridgehead atoms. The minimum absolute atomic E-state index is 0.0104. The van der Waals surface area contributed by atoms with Crippen LogP contribution in [0.4, 0.5) is 0 Å². The molecule has 0 spiro atoms. The molecule has 2 aromatic carbocycles. The van der Waals surface area contributed by atoms with Crippen LogP contribution in [0.3, 0.4) is 0 Å². The van der Waals surface area contributed by atoms with Gasteiger partial charge in [0.05, 0.1) is 22.8 Å². The molecule has 1 unspecified atom stereocenters. The molecule has 39 heavy (non-hydrogen) atoms. The third kappa shape index (κ3) is 7.28. The second-order valence-corrected chi connectivity index (χ2v) is 11.4. The Labute approximate surface area is 232 Å². The normalized spacial score (nSPS) is 21.1. The van der Waals surface area contributed by atoms with Crippen LogP contribution < -0.4 is 16.2 Å². The maximum absolute atomic E-state index is 13.5. The zero-order valence-corrected chi connectivity index (χ0v) is 23.0. The summed E-state index contributed by atoms with van der Waals surface area (Å²) in [5.41, 5.74) is 1.59. The molecule has 1 atom stereocenters. The highest BCUT2D eigenvalue weighted by Gasteiger charge is 2.28. The molecule has 8 nitrogen and oxygen atoms in total. The van der Waals surface area contributed by atoms with E-state index in [1.165, 1.54) is 11.8 Å². The molecule has 2 heterocycles. The first kappa shape index (κ1) is 27.4. The molecule has 1 aromatic heterocycles. The highest BCUT2D eigenvalue weighted by atomic mass is 32.2. The number of hydrogen-bond acceptors (Lipinski definition) is 6. The number of carbonyl (C=O) groups is 2. The molecule has 206 valence electrons. The first-order valence-electron chi connectivity index (χ1n) is 13.9. The fourth-order valence-corrected chi connectivity index (χ4v) is 6.26. The van der Waals surface area contributed by atoms with Gasteiger partial charge in [0.15, 0.2) is 5.16 Å². The minimum atomic E-state index is -0.104. The van der Waals surface area contributed by atoms with Gasteiger partial charge in [0.25, 0.3) is 5.56 Å². The van der Waals surface area contributed by atoms with Gasteiger partial charge in [-0.2, -0.15) is 0 Å². The van der Waals surface area contributed by atoms with Crippen molar-refractivity contribution in [1.29, 1.82) is 0 Å². The largest absolute Gasteiger partial charge is 0.376 e. The van der Waals surface area contributed by atoms with Gasteiger partial charge in [-0.1, -0.05) is 54.2 Å². The van der Waals surface area contributed by atoms with Crippen LogP contribution in [0.15, 0.2) is 64.5 Å². The van der Waals surface area contributed by atoms with E-state index in [9.17, 15) is 14.4 Å². The summed E-state index contributed by atoms with van der Waals surface area (Å²) in [5.74, 6) is 0.476. The molecule has 1 aliphatic heterocycles. The van der Waals surface area contributed by atoms with E-state index in [1.807, 2.05) is 48.5 Å². The standard InChI is InChI=1S/C30H36N4O4S/c35-27(31-17-21-7-2-1-3-8-21)20-39-30-33-26-11-5-4-10-25(26)29(37)34(30)19-22-12-14-23(15-13-22)28(36)32-18-24-9-6-16-38-24/h1-5,7-8,10-11,22-24H,6,9,12-20H2,(H,31,35)(H,32,36). The van der Waals surface area contributed by atoms with Gasteiger partial charge in [-0.25, -0.2) is 4.98 Å². The SMILES string of the molecule is O=C(CSc1nc2ccccc2c(=O)n1CC1CCC(C(=O)NCC2CCCO2)CC1)NCc1ccccc1. The zero-order chi connectivity index (χ0) is 27.0. The molecule has 9 heteroatoms. The number of amides is 2. The number of hydrogen-bond donors (Lipinski definition) is 2. The molecule has 2 N–H and O–H groups in total. The predicted octanol–water partition coefficient (Wildman–Crippen LogP) is 3.91. The van der Waals surface area contributed by atoms with Gasteiger partial charge in [-0.3, -0.25) is 19.0 Å². The monoisotopic (exact) mass is 548 g/mol. The third-order valence-electron chi connectivity index (χ3n) is 7.68. The van der Waals surface area contributed by atoms with Crippen molar-refractivity contribution in [3.05, 3.63) is 70.5 Å².